The Balaban J connectivity index is 1.27. The van der Waals surface area contributed by atoms with Crippen LogP contribution in [0.15, 0.2) is 47.6 Å². The van der Waals surface area contributed by atoms with Gasteiger partial charge in [0.25, 0.3) is 0 Å². The second-order valence-electron chi connectivity index (χ2n) is 10.8. The van der Waals surface area contributed by atoms with Crippen LogP contribution in [0.3, 0.4) is 0 Å². The molecule has 0 aromatic heterocycles. The summed E-state index contributed by atoms with van der Waals surface area (Å²) < 4.78 is 11.8. The van der Waals surface area contributed by atoms with Crippen molar-refractivity contribution in [2.45, 2.75) is 58.1 Å². The summed E-state index contributed by atoms with van der Waals surface area (Å²) in [6.07, 6.45) is 6.81. The van der Waals surface area contributed by atoms with Crippen LogP contribution in [0, 0.1) is 11.8 Å². The van der Waals surface area contributed by atoms with E-state index in [2.05, 4.69) is 29.2 Å². The first-order valence-electron chi connectivity index (χ1n) is 13.9. The molecule has 9 heteroatoms. The van der Waals surface area contributed by atoms with E-state index in [-0.39, 0.29) is 29.1 Å². The number of benzene rings is 2. The number of carbonyl (C=O) groups is 2. The standard InChI is InChI=1S/C30H38N4O4S/c1-20(29(31)35)23-6-5-15-33(18-23)24-12-9-21(10-13-24)17-34-30(36)39-19-26(32-34)22-11-14-27(37-2)28(16-22)38-25-7-3-4-8-25/h9-14,16,20,23,25H,3-8,15,17-19H2,1-2H3,(H2,31,35). The summed E-state index contributed by atoms with van der Waals surface area (Å²) in [6, 6.07) is 14.2. The third kappa shape index (κ3) is 6.52. The molecule has 1 saturated carbocycles. The molecule has 2 atom stereocenters. The van der Waals surface area contributed by atoms with Gasteiger partial charge in [0.1, 0.15) is 0 Å². The van der Waals surface area contributed by atoms with Crippen LogP contribution in [0.25, 0.3) is 0 Å². The molecule has 2 aromatic rings. The number of carbonyl (C=O) groups excluding carboxylic acids is 2. The summed E-state index contributed by atoms with van der Waals surface area (Å²) in [5, 5.41) is 6.23. The number of methoxy groups -OCH3 is 1. The Labute approximate surface area is 234 Å². The van der Waals surface area contributed by atoms with E-state index in [0.29, 0.717) is 18.0 Å². The van der Waals surface area contributed by atoms with Gasteiger partial charge in [-0.15, -0.1) is 0 Å². The van der Waals surface area contributed by atoms with Crippen LogP contribution >= 0.6 is 11.8 Å². The van der Waals surface area contributed by atoms with Crippen molar-refractivity contribution in [3.05, 3.63) is 53.6 Å². The largest absolute Gasteiger partial charge is 0.493 e. The average Bonchev–Trinajstić information content (AvgIpc) is 3.47. The van der Waals surface area contributed by atoms with E-state index >= 15 is 0 Å². The van der Waals surface area contributed by atoms with E-state index in [1.165, 1.54) is 24.6 Å². The summed E-state index contributed by atoms with van der Waals surface area (Å²) in [4.78, 5) is 26.7. The van der Waals surface area contributed by atoms with Gasteiger partial charge in [0.05, 0.1) is 25.5 Å². The van der Waals surface area contributed by atoms with E-state index < -0.39 is 0 Å². The second kappa shape index (κ2) is 12.3. The highest BCUT2D eigenvalue weighted by Crippen LogP contribution is 2.34. The van der Waals surface area contributed by atoms with Crippen molar-refractivity contribution in [1.82, 2.24) is 5.01 Å². The van der Waals surface area contributed by atoms with Crippen molar-refractivity contribution < 1.29 is 19.1 Å². The highest BCUT2D eigenvalue weighted by atomic mass is 32.2. The lowest BCUT2D eigenvalue weighted by Gasteiger charge is -2.36. The number of hydrogen-bond acceptors (Lipinski definition) is 7. The Morgan fingerprint density at radius 3 is 2.59 bits per heavy atom. The summed E-state index contributed by atoms with van der Waals surface area (Å²) >= 11 is 1.27. The number of amides is 2. The van der Waals surface area contributed by atoms with Gasteiger partial charge in [-0.25, -0.2) is 5.01 Å². The van der Waals surface area contributed by atoms with Crippen LogP contribution in [0.2, 0.25) is 0 Å². The lowest BCUT2D eigenvalue weighted by Crippen LogP contribution is -2.41. The van der Waals surface area contributed by atoms with Gasteiger partial charge in [-0.1, -0.05) is 30.8 Å². The van der Waals surface area contributed by atoms with Gasteiger partial charge in [0.2, 0.25) is 5.91 Å². The Bertz CT molecular complexity index is 1210. The maximum atomic E-state index is 12.7. The number of thioether (sulfide) groups is 1. The van der Waals surface area contributed by atoms with Gasteiger partial charge in [0.15, 0.2) is 11.5 Å². The minimum atomic E-state index is -0.228. The number of piperidine rings is 1. The van der Waals surface area contributed by atoms with Crippen LogP contribution in [0.5, 0.6) is 11.5 Å². The molecule has 2 amide bonds. The highest BCUT2D eigenvalue weighted by molar-refractivity contribution is 8.14. The first-order chi connectivity index (χ1) is 18.9. The number of nitrogens with zero attached hydrogens (tertiary/aromatic N) is 3. The van der Waals surface area contributed by atoms with Crippen molar-refractivity contribution in [2.75, 3.05) is 30.9 Å². The minimum absolute atomic E-state index is 0.0573. The predicted molar refractivity (Wildman–Crippen MR) is 156 cm³/mol. The molecule has 2 N–H and O–H groups in total. The van der Waals surface area contributed by atoms with E-state index in [9.17, 15) is 9.59 Å². The quantitative estimate of drug-likeness (QED) is 0.447. The van der Waals surface area contributed by atoms with Crippen molar-refractivity contribution in [2.24, 2.45) is 22.7 Å². The lowest BCUT2D eigenvalue weighted by molar-refractivity contribution is -0.122. The zero-order valence-corrected chi connectivity index (χ0v) is 23.6. The van der Waals surface area contributed by atoms with E-state index in [0.717, 1.165) is 67.0 Å². The Kier molecular flexibility index (Phi) is 8.65. The fourth-order valence-electron chi connectivity index (χ4n) is 5.67. The monoisotopic (exact) mass is 550 g/mol. The number of ether oxygens (including phenoxy) is 2. The predicted octanol–water partition coefficient (Wildman–Crippen LogP) is 5.43. The maximum absolute atomic E-state index is 12.7. The fourth-order valence-corrected chi connectivity index (χ4v) is 6.40. The molecule has 1 aliphatic carbocycles. The highest BCUT2D eigenvalue weighted by Gasteiger charge is 2.28. The molecular weight excluding hydrogens is 512 g/mol. The zero-order valence-electron chi connectivity index (χ0n) is 22.8. The third-order valence-electron chi connectivity index (χ3n) is 8.12. The van der Waals surface area contributed by atoms with Gasteiger partial charge in [-0.05, 0) is 80.3 Å². The number of rotatable bonds is 9. The first kappa shape index (κ1) is 27.4. The third-order valence-corrected chi connectivity index (χ3v) is 9.00. The van der Waals surface area contributed by atoms with Crippen molar-refractivity contribution in [3.63, 3.8) is 0 Å². The SMILES string of the molecule is COc1ccc(C2=NN(Cc3ccc(N4CCCC(C(C)C(N)=O)C4)cc3)C(=O)SC2)cc1OC1CCCC1. The molecule has 2 aromatic carbocycles. The van der Waals surface area contributed by atoms with Gasteiger partial charge in [0, 0.05) is 36.0 Å². The molecule has 8 nitrogen and oxygen atoms in total. The number of anilines is 1. The van der Waals surface area contributed by atoms with Gasteiger partial charge in [-0.3, -0.25) is 9.59 Å². The van der Waals surface area contributed by atoms with Crippen LogP contribution < -0.4 is 20.1 Å². The number of hydrazone groups is 1. The average molecular weight is 551 g/mol. The van der Waals surface area contributed by atoms with Gasteiger partial charge >= 0.3 is 5.24 Å². The molecule has 3 aliphatic rings. The Morgan fingerprint density at radius 2 is 1.87 bits per heavy atom. The molecule has 0 spiro atoms. The molecule has 208 valence electrons. The smallest absolute Gasteiger partial charge is 0.302 e. The van der Waals surface area contributed by atoms with E-state index in [1.807, 2.05) is 25.1 Å². The molecular formula is C30H38N4O4S. The normalized spacial score (nSPS) is 21.0. The molecule has 2 aliphatic heterocycles. The first-order valence-corrected chi connectivity index (χ1v) is 14.9. The summed E-state index contributed by atoms with van der Waals surface area (Å²) in [5.74, 6) is 1.88. The molecule has 2 unspecified atom stereocenters. The Hall–Kier alpha value is -3.20. The fraction of sp³-hybridized carbons (Fsp3) is 0.500. The number of primary amides is 1. The van der Waals surface area contributed by atoms with Gasteiger partial charge < -0.3 is 20.1 Å². The molecule has 39 heavy (non-hydrogen) atoms. The lowest BCUT2D eigenvalue weighted by atomic mass is 9.86. The number of hydrogen-bond donors (Lipinski definition) is 1. The van der Waals surface area contributed by atoms with E-state index in [1.54, 1.807) is 12.1 Å². The molecule has 2 heterocycles. The van der Waals surface area contributed by atoms with Crippen molar-refractivity contribution in [3.8, 4) is 11.5 Å². The van der Waals surface area contributed by atoms with Crippen molar-refractivity contribution in [1.29, 1.82) is 0 Å². The van der Waals surface area contributed by atoms with Crippen LogP contribution in [0.4, 0.5) is 10.5 Å². The molecule has 0 bridgehead atoms. The summed E-state index contributed by atoms with van der Waals surface area (Å²) in [6.45, 7) is 4.12. The zero-order chi connectivity index (χ0) is 27.4. The van der Waals surface area contributed by atoms with Crippen LogP contribution in [-0.2, 0) is 11.3 Å². The summed E-state index contributed by atoms with van der Waals surface area (Å²) in [5.41, 5.74) is 9.47. The Morgan fingerprint density at radius 1 is 1.10 bits per heavy atom. The molecule has 5 rings (SSSR count). The maximum Gasteiger partial charge on any atom is 0.302 e. The van der Waals surface area contributed by atoms with Gasteiger partial charge in [-0.2, -0.15) is 5.10 Å². The van der Waals surface area contributed by atoms with Crippen LogP contribution in [-0.4, -0.2) is 53.9 Å². The van der Waals surface area contributed by atoms with Crippen molar-refractivity contribution >= 4 is 34.3 Å². The van der Waals surface area contributed by atoms with E-state index in [4.69, 9.17) is 20.3 Å². The number of nitrogens with two attached hydrogens (primary N) is 1. The molecule has 1 saturated heterocycles. The minimum Gasteiger partial charge on any atom is -0.493 e. The summed E-state index contributed by atoms with van der Waals surface area (Å²) in [7, 11) is 1.65. The molecule has 2 fully saturated rings. The van der Waals surface area contributed by atoms with Crippen LogP contribution in [0.1, 0.15) is 56.6 Å². The second-order valence-corrected chi connectivity index (χ2v) is 11.7. The topological polar surface area (TPSA) is 97.5 Å². The molecule has 0 radical (unpaired) electrons.